The van der Waals surface area contributed by atoms with Gasteiger partial charge in [0.1, 0.15) is 5.03 Å². The summed E-state index contributed by atoms with van der Waals surface area (Å²) in [6.45, 7) is -0.366. The molecule has 0 bridgehead atoms. The van der Waals surface area contributed by atoms with Crippen LogP contribution in [-0.2, 0) is 21.2 Å². The van der Waals surface area contributed by atoms with Crippen molar-refractivity contribution in [3.8, 4) is 0 Å². The molecule has 1 heterocycles. The molecule has 0 radical (unpaired) electrons. The lowest BCUT2D eigenvalue weighted by atomic mass is 10.1. The fourth-order valence-corrected chi connectivity index (χ4v) is 5.84. The highest BCUT2D eigenvalue weighted by Gasteiger charge is 2.38. The van der Waals surface area contributed by atoms with Gasteiger partial charge in [-0.05, 0) is 66.3 Å². The van der Waals surface area contributed by atoms with Gasteiger partial charge in [0, 0.05) is 17.6 Å². The van der Waals surface area contributed by atoms with Crippen LogP contribution in [0.3, 0.4) is 0 Å². The molecule has 1 aliphatic rings. The number of sulfone groups is 1. The van der Waals surface area contributed by atoms with Crippen LogP contribution in [0.1, 0.15) is 29.9 Å². The van der Waals surface area contributed by atoms with E-state index in [1.807, 2.05) is 18.2 Å². The number of alkyl halides is 3. The van der Waals surface area contributed by atoms with Crippen molar-refractivity contribution >= 4 is 27.5 Å². The predicted octanol–water partition coefficient (Wildman–Crippen LogP) is 5.12. The maximum absolute atomic E-state index is 13.4. The van der Waals surface area contributed by atoms with Crippen molar-refractivity contribution in [1.29, 1.82) is 0 Å². The zero-order valence-corrected chi connectivity index (χ0v) is 18.8. The summed E-state index contributed by atoms with van der Waals surface area (Å²) in [5.74, 6) is -1.61. The Hall–Kier alpha value is -2.85. The molecule has 0 spiro atoms. The molecule has 3 aromatic rings. The van der Waals surface area contributed by atoms with Gasteiger partial charge in [0.15, 0.2) is 0 Å². The number of amides is 1. The first-order valence-electron chi connectivity index (χ1n) is 10.1. The Morgan fingerprint density at radius 2 is 1.79 bits per heavy atom. The van der Waals surface area contributed by atoms with Gasteiger partial charge in [-0.1, -0.05) is 36.0 Å². The van der Waals surface area contributed by atoms with E-state index in [-0.39, 0.29) is 16.3 Å². The summed E-state index contributed by atoms with van der Waals surface area (Å²) in [6, 6.07) is 16.1. The van der Waals surface area contributed by atoms with E-state index < -0.39 is 21.9 Å². The Labute approximate surface area is 193 Å². The summed E-state index contributed by atoms with van der Waals surface area (Å²) < 4.78 is 63.8. The van der Waals surface area contributed by atoms with Crippen molar-refractivity contribution in [3.63, 3.8) is 0 Å². The number of aromatic nitrogens is 1. The van der Waals surface area contributed by atoms with Crippen LogP contribution in [0, 0.1) is 0 Å². The second-order valence-corrected chi connectivity index (χ2v) is 10.6. The van der Waals surface area contributed by atoms with Crippen LogP contribution in [0.2, 0.25) is 0 Å². The average Bonchev–Trinajstić information content (AvgIpc) is 3.63. The number of halogens is 3. The van der Waals surface area contributed by atoms with Crippen LogP contribution in [0.4, 0.5) is 13.2 Å². The van der Waals surface area contributed by atoms with Crippen molar-refractivity contribution in [1.82, 2.24) is 10.3 Å². The number of rotatable bonds is 7. The molecule has 0 aliphatic heterocycles. The minimum absolute atomic E-state index is 0.00967. The maximum Gasteiger partial charge on any atom is 0.471 e. The molecule has 1 aliphatic carbocycles. The predicted molar refractivity (Wildman–Crippen MR) is 117 cm³/mol. The van der Waals surface area contributed by atoms with E-state index in [2.05, 4.69) is 4.98 Å². The normalized spacial score (nSPS) is 14.2. The highest BCUT2D eigenvalue weighted by Crippen LogP contribution is 2.43. The highest BCUT2D eigenvalue weighted by molar-refractivity contribution is 8.00. The Bertz CT molecular complexity index is 1260. The lowest BCUT2D eigenvalue weighted by Crippen LogP contribution is -2.36. The van der Waals surface area contributed by atoms with Crippen LogP contribution >= 0.6 is 11.8 Å². The quantitative estimate of drug-likeness (QED) is 0.495. The molecule has 0 unspecified atom stereocenters. The van der Waals surface area contributed by atoms with E-state index in [0.717, 1.165) is 18.4 Å². The van der Waals surface area contributed by atoms with Crippen LogP contribution in [0.5, 0.6) is 0 Å². The van der Waals surface area contributed by atoms with Gasteiger partial charge in [-0.2, -0.15) is 13.2 Å². The molecule has 5 nitrogen and oxygen atoms in total. The Morgan fingerprint density at radius 3 is 2.39 bits per heavy atom. The summed E-state index contributed by atoms with van der Waals surface area (Å²) >= 11 is 1.27. The van der Waals surface area contributed by atoms with Crippen molar-refractivity contribution in [2.45, 2.75) is 51.2 Å². The standard InChI is InChI=1S/C23H19F3N2O3S2/c24-23(25,26)22(29)28-14-15-4-9-18(10-5-15)33(30,31)20-11-8-17(16-6-7-16)13-19(20)32-21-3-1-2-12-27-21/h1-5,8-13,16H,6-7,14H2,(H,28,29). The molecule has 1 amide bonds. The molecule has 1 N–H and O–H groups in total. The summed E-state index contributed by atoms with van der Waals surface area (Å²) in [5, 5.41) is 2.43. The summed E-state index contributed by atoms with van der Waals surface area (Å²) in [5.41, 5.74) is 1.43. The first-order valence-corrected chi connectivity index (χ1v) is 12.4. The van der Waals surface area contributed by atoms with Crippen molar-refractivity contribution in [3.05, 3.63) is 78.0 Å². The number of carbonyl (C=O) groups is 1. The Balaban J connectivity index is 1.60. The van der Waals surface area contributed by atoms with Gasteiger partial charge >= 0.3 is 12.1 Å². The second kappa shape index (κ2) is 9.18. The topological polar surface area (TPSA) is 76.1 Å². The van der Waals surface area contributed by atoms with E-state index in [9.17, 15) is 26.4 Å². The molecule has 2 aromatic carbocycles. The third-order valence-electron chi connectivity index (χ3n) is 5.10. The lowest BCUT2D eigenvalue weighted by molar-refractivity contribution is -0.173. The van der Waals surface area contributed by atoms with E-state index in [1.54, 1.807) is 29.7 Å². The number of hydrogen-bond donors (Lipinski definition) is 1. The van der Waals surface area contributed by atoms with Gasteiger partial charge in [-0.25, -0.2) is 13.4 Å². The zero-order valence-electron chi connectivity index (χ0n) is 17.2. The first-order chi connectivity index (χ1) is 15.6. The first kappa shape index (κ1) is 23.3. The minimum atomic E-state index is -4.97. The van der Waals surface area contributed by atoms with Crippen molar-refractivity contribution in [2.24, 2.45) is 0 Å². The van der Waals surface area contributed by atoms with Gasteiger partial charge in [0.25, 0.3) is 0 Å². The van der Waals surface area contributed by atoms with Gasteiger partial charge in [-0.3, -0.25) is 4.79 Å². The number of benzene rings is 2. The average molecular weight is 493 g/mol. The third kappa shape index (κ3) is 5.56. The van der Waals surface area contributed by atoms with E-state index >= 15 is 0 Å². The molecule has 0 saturated heterocycles. The van der Waals surface area contributed by atoms with E-state index in [4.69, 9.17) is 0 Å². The molecule has 0 atom stereocenters. The van der Waals surface area contributed by atoms with Crippen LogP contribution < -0.4 is 5.32 Å². The molecule has 33 heavy (non-hydrogen) atoms. The molecule has 1 saturated carbocycles. The van der Waals surface area contributed by atoms with Crippen LogP contribution in [-0.4, -0.2) is 25.5 Å². The fraction of sp³-hybridized carbons (Fsp3) is 0.217. The second-order valence-electron chi connectivity index (χ2n) is 7.58. The molecule has 4 rings (SSSR count). The molecule has 172 valence electrons. The van der Waals surface area contributed by atoms with Gasteiger partial charge in [0.05, 0.1) is 9.79 Å². The number of hydrogen-bond acceptors (Lipinski definition) is 5. The molecular weight excluding hydrogens is 473 g/mol. The van der Waals surface area contributed by atoms with E-state index in [1.165, 1.54) is 36.0 Å². The molecule has 1 fully saturated rings. The van der Waals surface area contributed by atoms with Crippen molar-refractivity contribution < 1.29 is 26.4 Å². The van der Waals surface area contributed by atoms with Crippen LogP contribution in [0.15, 0.2) is 86.6 Å². The van der Waals surface area contributed by atoms with Crippen LogP contribution in [0.25, 0.3) is 0 Å². The fourth-order valence-electron chi connectivity index (χ4n) is 3.21. The smallest absolute Gasteiger partial charge is 0.344 e. The zero-order chi connectivity index (χ0) is 23.6. The van der Waals surface area contributed by atoms with Gasteiger partial charge in [-0.15, -0.1) is 0 Å². The molecular formula is C23H19F3N2O3S2. The third-order valence-corrected chi connectivity index (χ3v) is 8.07. The number of pyridine rings is 1. The molecule has 1 aromatic heterocycles. The summed E-state index contributed by atoms with van der Waals surface area (Å²) in [6.07, 6.45) is -1.19. The number of nitrogens with zero attached hydrogens (tertiary/aromatic N) is 1. The Kier molecular flexibility index (Phi) is 6.49. The highest BCUT2D eigenvalue weighted by atomic mass is 32.2. The maximum atomic E-state index is 13.4. The van der Waals surface area contributed by atoms with Gasteiger partial charge < -0.3 is 5.32 Å². The number of nitrogens with one attached hydrogen (secondary N) is 1. The summed E-state index contributed by atoms with van der Waals surface area (Å²) in [7, 11) is -3.90. The Morgan fingerprint density at radius 1 is 1.06 bits per heavy atom. The minimum Gasteiger partial charge on any atom is -0.344 e. The number of carbonyl (C=O) groups excluding carboxylic acids is 1. The lowest BCUT2D eigenvalue weighted by Gasteiger charge is -2.13. The molecule has 10 heteroatoms. The summed E-state index contributed by atoms with van der Waals surface area (Å²) in [4.78, 5) is 16.0. The largest absolute Gasteiger partial charge is 0.471 e. The van der Waals surface area contributed by atoms with Crippen molar-refractivity contribution in [2.75, 3.05) is 0 Å². The monoisotopic (exact) mass is 492 g/mol. The van der Waals surface area contributed by atoms with Gasteiger partial charge in [0.2, 0.25) is 9.84 Å². The van der Waals surface area contributed by atoms with E-state index in [0.29, 0.717) is 21.4 Å². The SMILES string of the molecule is O=C(NCc1ccc(S(=O)(=O)c2ccc(C3CC3)cc2Sc2ccccn2)cc1)C(F)(F)F.